The summed E-state index contributed by atoms with van der Waals surface area (Å²) in [6.07, 6.45) is 9.61. The van der Waals surface area contributed by atoms with Gasteiger partial charge in [0.15, 0.2) is 0 Å². The molecule has 5 saturated carbocycles. The number of hydrogen-bond donors (Lipinski definition) is 3. The molecule has 5 fully saturated rings. The van der Waals surface area contributed by atoms with Crippen LogP contribution in [-0.4, -0.2) is 34.1 Å². The fourth-order valence-electron chi connectivity index (χ4n) is 12.1. The second-order valence-electron chi connectivity index (χ2n) is 15.2. The van der Waals surface area contributed by atoms with Crippen molar-refractivity contribution in [1.82, 2.24) is 0 Å². The summed E-state index contributed by atoms with van der Waals surface area (Å²) in [7, 11) is 0. The lowest BCUT2D eigenvalue weighted by atomic mass is 9.31. The van der Waals surface area contributed by atoms with Gasteiger partial charge in [-0.25, -0.2) is 0 Å². The lowest BCUT2D eigenvalue weighted by molar-refractivity contribution is -0.291. The molecule has 0 aromatic carbocycles. The minimum Gasteiger partial charge on any atom is -0.396 e. The summed E-state index contributed by atoms with van der Waals surface area (Å²) in [6, 6.07) is 0. The first kappa shape index (κ1) is 24.6. The van der Waals surface area contributed by atoms with Crippen LogP contribution in [0, 0.1) is 62.6 Å². The van der Waals surface area contributed by atoms with Crippen molar-refractivity contribution < 1.29 is 15.3 Å². The van der Waals surface area contributed by atoms with Crippen molar-refractivity contribution in [2.24, 2.45) is 62.6 Å². The van der Waals surface area contributed by atoms with E-state index >= 15 is 0 Å². The fraction of sp³-hybridized carbons (Fsp3) is 1.00. The monoisotopic (exact) mass is 460 g/mol. The third kappa shape index (κ3) is 2.91. The Bertz CT molecular complexity index is 779. The fourth-order valence-corrected chi connectivity index (χ4v) is 12.1. The molecule has 5 aliphatic carbocycles. The van der Waals surface area contributed by atoms with Crippen LogP contribution < -0.4 is 0 Å². The molecule has 3 nitrogen and oxygen atoms in total. The number of fused-ring (bicyclic) bond motifs is 7. The normalized spacial score (nSPS) is 58.5. The third-order valence-corrected chi connectivity index (χ3v) is 13.9. The average Bonchev–Trinajstić information content (AvgIpc) is 3.09. The van der Waals surface area contributed by atoms with Crippen molar-refractivity contribution >= 4 is 0 Å². The van der Waals surface area contributed by atoms with Gasteiger partial charge < -0.3 is 15.3 Å². The zero-order valence-corrected chi connectivity index (χ0v) is 22.5. The number of aliphatic hydroxyl groups excluding tert-OH is 3. The van der Waals surface area contributed by atoms with E-state index in [9.17, 15) is 15.3 Å². The van der Waals surface area contributed by atoms with Gasteiger partial charge in [0.25, 0.3) is 0 Å². The van der Waals surface area contributed by atoms with Gasteiger partial charge in [-0.15, -0.1) is 0 Å². The van der Waals surface area contributed by atoms with Gasteiger partial charge in [-0.05, 0) is 115 Å². The summed E-state index contributed by atoms with van der Waals surface area (Å²) < 4.78 is 0. The van der Waals surface area contributed by atoms with Crippen molar-refractivity contribution in [3.63, 3.8) is 0 Å². The largest absolute Gasteiger partial charge is 0.396 e. The van der Waals surface area contributed by atoms with Gasteiger partial charge in [0.1, 0.15) is 0 Å². The molecule has 0 aromatic heterocycles. The van der Waals surface area contributed by atoms with Crippen LogP contribution in [0.3, 0.4) is 0 Å². The maximum absolute atomic E-state index is 12.0. The Morgan fingerprint density at radius 2 is 1.45 bits per heavy atom. The van der Waals surface area contributed by atoms with E-state index in [1.165, 1.54) is 38.5 Å². The van der Waals surface area contributed by atoms with Crippen LogP contribution in [0.2, 0.25) is 0 Å². The lowest BCUT2D eigenvalue weighted by Gasteiger charge is -2.74. The molecule has 0 radical (unpaired) electrons. The van der Waals surface area contributed by atoms with Gasteiger partial charge in [-0.3, -0.25) is 0 Å². The second-order valence-corrected chi connectivity index (χ2v) is 15.2. The molecule has 3 heteroatoms. The van der Waals surface area contributed by atoms with Gasteiger partial charge in [0, 0.05) is 12.0 Å². The summed E-state index contributed by atoms with van der Waals surface area (Å²) in [5.41, 5.74) is 0.551. The highest BCUT2D eigenvalue weighted by Crippen LogP contribution is 2.77. The van der Waals surface area contributed by atoms with E-state index in [-0.39, 0.29) is 45.2 Å². The lowest BCUT2D eigenvalue weighted by Crippen LogP contribution is -2.71. The zero-order valence-electron chi connectivity index (χ0n) is 22.5. The highest BCUT2D eigenvalue weighted by Gasteiger charge is 2.73. The van der Waals surface area contributed by atoms with Gasteiger partial charge in [-0.2, -0.15) is 0 Å². The molecule has 5 rings (SSSR count). The van der Waals surface area contributed by atoms with Crippen LogP contribution in [0.25, 0.3) is 0 Å². The summed E-state index contributed by atoms with van der Waals surface area (Å²) in [5, 5.41) is 33.5. The van der Waals surface area contributed by atoms with E-state index in [1.54, 1.807) is 0 Å². The molecule has 0 amide bonds. The van der Waals surface area contributed by atoms with E-state index in [0.717, 1.165) is 19.3 Å². The van der Waals surface area contributed by atoms with Crippen LogP contribution in [-0.2, 0) is 0 Å². The van der Waals surface area contributed by atoms with Gasteiger partial charge in [0.05, 0.1) is 12.2 Å². The highest BCUT2D eigenvalue weighted by molar-refractivity contribution is 5.22. The Labute approximate surface area is 203 Å². The van der Waals surface area contributed by atoms with Crippen molar-refractivity contribution in [1.29, 1.82) is 0 Å². The predicted octanol–water partition coefficient (Wildman–Crippen LogP) is 6.05. The molecule has 12 atom stereocenters. The quantitative estimate of drug-likeness (QED) is 0.470. The van der Waals surface area contributed by atoms with E-state index in [1.807, 2.05) is 0 Å². The number of rotatable bonds is 2. The minimum atomic E-state index is -0.325. The summed E-state index contributed by atoms with van der Waals surface area (Å²) in [4.78, 5) is 0. The Morgan fingerprint density at radius 1 is 0.788 bits per heavy atom. The minimum absolute atomic E-state index is 0.0592. The molecular formula is C30H52O3. The Balaban J connectivity index is 1.56. The van der Waals surface area contributed by atoms with Gasteiger partial charge >= 0.3 is 0 Å². The molecule has 0 saturated heterocycles. The summed E-state index contributed by atoms with van der Waals surface area (Å²) in [5.74, 6) is 2.87. The van der Waals surface area contributed by atoms with E-state index in [2.05, 4.69) is 48.5 Å². The Morgan fingerprint density at radius 3 is 2.12 bits per heavy atom. The van der Waals surface area contributed by atoms with Crippen molar-refractivity contribution in [2.45, 2.75) is 118 Å². The molecule has 0 aromatic rings. The smallest absolute Gasteiger partial charge is 0.0600 e. The average molecular weight is 461 g/mol. The van der Waals surface area contributed by atoms with Crippen molar-refractivity contribution in [3.8, 4) is 0 Å². The van der Waals surface area contributed by atoms with E-state index < -0.39 is 0 Å². The predicted molar refractivity (Wildman–Crippen MR) is 133 cm³/mol. The van der Waals surface area contributed by atoms with Gasteiger partial charge in [-0.1, -0.05) is 48.5 Å². The molecule has 0 spiro atoms. The molecule has 0 bridgehead atoms. The van der Waals surface area contributed by atoms with Gasteiger partial charge in [0.2, 0.25) is 0 Å². The molecule has 33 heavy (non-hydrogen) atoms. The molecule has 0 heterocycles. The first-order valence-electron chi connectivity index (χ1n) is 14.2. The standard InChI is InChI=1S/C30H52O3/c1-18(17-31)19-8-13-27(4)20(19)9-14-28(5)23(27)16-21(32)25-29(28,6)15-10-22-26(2,3)12-11-24(33)30(22,25)7/h18-25,31-33H,8-17H2,1-7H3. The van der Waals surface area contributed by atoms with E-state index in [0.29, 0.717) is 36.2 Å². The zero-order chi connectivity index (χ0) is 24.2. The molecule has 0 aliphatic heterocycles. The van der Waals surface area contributed by atoms with Crippen LogP contribution in [0.4, 0.5) is 0 Å². The molecule has 12 unspecified atom stereocenters. The molecular weight excluding hydrogens is 408 g/mol. The molecule has 5 aliphatic rings. The second kappa shape index (κ2) is 7.45. The van der Waals surface area contributed by atoms with Crippen LogP contribution in [0.5, 0.6) is 0 Å². The van der Waals surface area contributed by atoms with Crippen molar-refractivity contribution in [3.05, 3.63) is 0 Å². The first-order chi connectivity index (χ1) is 15.3. The third-order valence-electron chi connectivity index (χ3n) is 13.9. The Kier molecular flexibility index (Phi) is 5.55. The maximum Gasteiger partial charge on any atom is 0.0600 e. The van der Waals surface area contributed by atoms with Crippen LogP contribution in [0.1, 0.15) is 106 Å². The van der Waals surface area contributed by atoms with E-state index in [4.69, 9.17) is 0 Å². The van der Waals surface area contributed by atoms with Crippen LogP contribution >= 0.6 is 0 Å². The topological polar surface area (TPSA) is 60.7 Å². The number of hydrogen-bond acceptors (Lipinski definition) is 3. The highest BCUT2D eigenvalue weighted by atomic mass is 16.3. The van der Waals surface area contributed by atoms with Crippen molar-refractivity contribution in [2.75, 3.05) is 6.61 Å². The molecule has 190 valence electrons. The first-order valence-corrected chi connectivity index (χ1v) is 14.2. The molecule has 3 N–H and O–H groups in total. The number of aliphatic hydroxyl groups is 3. The summed E-state index contributed by atoms with van der Waals surface area (Å²) >= 11 is 0. The Hall–Kier alpha value is -0.120. The maximum atomic E-state index is 12.0. The SMILES string of the molecule is CC(CO)C1CCC2(C)C1CCC1(C)C2CC(O)C2C3(C)C(O)CCC(C)(C)C3CCC21C. The summed E-state index contributed by atoms with van der Waals surface area (Å²) in [6.45, 7) is 17.4. The van der Waals surface area contributed by atoms with Crippen LogP contribution in [0.15, 0.2) is 0 Å².